The number of methoxy groups -OCH3 is 2. The fraction of sp³-hybridized carbons (Fsp3) is 0.118. The predicted octanol–water partition coefficient (Wildman–Crippen LogP) is 4.44. The number of nitriles is 1. The number of hydrogen-bond donors (Lipinski definition) is 0. The van der Waals surface area contributed by atoms with Gasteiger partial charge >= 0.3 is 5.69 Å². The Kier molecular flexibility index (Phi) is 5.55. The molecule has 0 amide bonds. The van der Waals surface area contributed by atoms with Gasteiger partial charge in [-0.25, -0.2) is 0 Å². The number of nitrogens with zero attached hydrogens (tertiary/aromatic N) is 2. The van der Waals surface area contributed by atoms with Crippen LogP contribution >= 0.6 is 15.9 Å². The van der Waals surface area contributed by atoms with Crippen LogP contribution in [-0.2, 0) is 0 Å². The number of rotatable bonds is 5. The van der Waals surface area contributed by atoms with Crippen LogP contribution in [0.3, 0.4) is 0 Å². The maximum Gasteiger partial charge on any atom is 0.311 e. The second kappa shape index (κ2) is 7.62. The molecule has 0 saturated heterocycles. The summed E-state index contributed by atoms with van der Waals surface area (Å²) < 4.78 is 11.2. The van der Waals surface area contributed by atoms with Gasteiger partial charge in [-0.05, 0) is 23.8 Å². The highest BCUT2D eigenvalue weighted by atomic mass is 79.9. The lowest BCUT2D eigenvalue weighted by atomic mass is 10.0. The van der Waals surface area contributed by atoms with Crippen molar-refractivity contribution in [3.05, 3.63) is 62.1 Å². The molecule has 0 fully saturated rings. The maximum absolute atomic E-state index is 11.2. The highest BCUT2D eigenvalue weighted by Crippen LogP contribution is 2.36. The summed E-state index contributed by atoms with van der Waals surface area (Å²) in [5.41, 5.74) is 1.28. The number of nitro benzene ring substituents is 1. The summed E-state index contributed by atoms with van der Waals surface area (Å²) in [6, 6.07) is 12.1. The van der Waals surface area contributed by atoms with E-state index in [9.17, 15) is 15.4 Å². The van der Waals surface area contributed by atoms with E-state index < -0.39 is 4.92 Å². The minimum Gasteiger partial charge on any atom is -0.496 e. The van der Waals surface area contributed by atoms with Gasteiger partial charge in [-0.2, -0.15) is 5.26 Å². The van der Waals surface area contributed by atoms with Gasteiger partial charge in [-0.3, -0.25) is 10.1 Å². The minimum absolute atomic E-state index is 0.0937. The second-order valence-electron chi connectivity index (χ2n) is 4.70. The van der Waals surface area contributed by atoms with E-state index in [4.69, 9.17) is 9.47 Å². The monoisotopic (exact) mass is 388 g/mol. The van der Waals surface area contributed by atoms with Crippen molar-refractivity contribution < 1.29 is 14.4 Å². The third-order valence-electron chi connectivity index (χ3n) is 3.30. The number of ether oxygens (including phenoxy) is 2. The highest BCUT2D eigenvalue weighted by Gasteiger charge is 2.19. The minimum atomic E-state index is -0.540. The molecule has 6 nitrogen and oxygen atoms in total. The summed E-state index contributed by atoms with van der Waals surface area (Å²) in [4.78, 5) is 10.6. The molecule has 0 aliphatic heterocycles. The number of halogens is 1. The smallest absolute Gasteiger partial charge is 0.311 e. The SMILES string of the molecule is COc1cc(OC)c([N+](=O)[O-])cc1/C=C(\C#N)c1ccc(Br)cc1. The van der Waals surface area contributed by atoms with Crippen molar-refractivity contribution in [2.75, 3.05) is 14.2 Å². The lowest BCUT2D eigenvalue weighted by molar-refractivity contribution is -0.385. The third-order valence-corrected chi connectivity index (χ3v) is 3.83. The van der Waals surface area contributed by atoms with Gasteiger partial charge in [0.05, 0.1) is 30.8 Å². The molecule has 0 saturated carbocycles. The molecule has 0 atom stereocenters. The average Bonchev–Trinajstić information content (AvgIpc) is 2.59. The van der Waals surface area contributed by atoms with Gasteiger partial charge in [-0.1, -0.05) is 28.1 Å². The van der Waals surface area contributed by atoms with E-state index in [1.807, 2.05) is 12.1 Å². The van der Waals surface area contributed by atoms with Crippen LogP contribution in [0, 0.1) is 21.4 Å². The van der Waals surface area contributed by atoms with E-state index in [0.29, 0.717) is 22.4 Å². The summed E-state index contributed by atoms with van der Waals surface area (Å²) in [7, 11) is 2.80. The van der Waals surface area contributed by atoms with Crippen molar-refractivity contribution >= 4 is 33.3 Å². The molecule has 0 aliphatic rings. The highest BCUT2D eigenvalue weighted by molar-refractivity contribution is 9.10. The number of benzene rings is 2. The standard InChI is InChI=1S/C17H13BrN2O4/c1-23-16-9-17(24-2)15(20(21)22)8-12(16)7-13(10-19)11-3-5-14(18)6-4-11/h3-9H,1-2H3/b13-7+. The van der Waals surface area contributed by atoms with Crippen LogP contribution in [-0.4, -0.2) is 19.1 Å². The van der Waals surface area contributed by atoms with Crippen molar-refractivity contribution in [1.82, 2.24) is 0 Å². The molecule has 0 bridgehead atoms. The Morgan fingerprint density at radius 2 is 1.83 bits per heavy atom. The zero-order valence-electron chi connectivity index (χ0n) is 12.9. The lowest BCUT2D eigenvalue weighted by Gasteiger charge is -2.09. The summed E-state index contributed by atoms with van der Waals surface area (Å²) in [5, 5.41) is 20.6. The zero-order valence-corrected chi connectivity index (χ0v) is 14.5. The van der Waals surface area contributed by atoms with Gasteiger partial charge in [0.15, 0.2) is 0 Å². The van der Waals surface area contributed by atoms with E-state index in [1.54, 1.807) is 18.2 Å². The van der Waals surface area contributed by atoms with Crippen molar-refractivity contribution in [3.63, 3.8) is 0 Å². The van der Waals surface area contributed by atoms with Gasteiger partial charge in [0, 0.05) is 22.2 Å². The first kappa shape index (κ1) is 17.5. The Morgan fingerprint density at radius 1 is 1.21 bits per heavy atom. The van der Waals surface area contributed by atoms with E-state index in [1.165, 1.54) is 26.4 Å². The molecule has 0 radical (unpaired) electrons. The quantitative estimate of drug-likeness (QED) is 0.327. The summed E-state index contributed by atoms with van der Waals surface area (Å²) in [6.07, 6.45) is 1.55. The largest absolute Gasteiger partial charge is 0.496 e. The molecular formula is C17H13BrN2O4. The topological polar surface area (TPSA) is 85.4 Å². The molecule has 2 aromatic rings. The first-order valence-corrected chi connectivity index (χ1v) is 7.57. The molecule has 0 spiro atoms. The normalized spacial score (nSPS) is 10.8. The van der Waals surface area contributed by atoms with Crippen LogP contribution < -0.4 is 9.47 Å². The Bertz CT molecular complexity index is 839. The molecule has 24 heavy (non-hydrogen) atoms. The van der Waals surface area contributed by atoms with Crippen LogP contribution in [0.1, 0.15) is 11.1 Å². The molecule has 7 heteroatoms. The van der Waals surface area contributed by atoms with E-state index in [-0.39, 0.29) is 11.4 Å². The molecule has 122 valence electrons. The van der Waals surface area contributed by atoms with Crippen molar-refractivity contribution in [1.29, 1.82) is 5.26 Å². The van der Waals surface area contributed by atoms with Gasteiger partial charge in [0.2, 0.25) is 5.75 Å². The van der Waals surface area contributed by atoms with E-state index in [0.717, 1.165) is 4.47 Å². The van der Waals surface area contributed by atoms with Crippen LogP contribution in [0.25, 0.3) is 11.6 Å². The Morgan fingerprint density at radius 3 is 2.33 bits per heavy atom. The number of nitro groups is 1. The summed E-state index contributed by atoms with van der Waals surface area (Å²) in [5.74, 6) is 0.471. The lowest BCUT2D eigenvalue weighted by Crippen LogP contribution is -1.97. The number of allylic oxidation sites excluding steroid dienone is 1. The van der Waals surface area contributed by atoms with Crippen molar-refractivity contribution in [3.8, 4) is 17.6 Å². The molecule has 0 aliphatic carbocycles. The molecule has 0 aromatic heterocycles. The van der Waals surface area contributed by atoms with E-state index >= 15 is 0 Å². The Labute approximate surface area is 147 Å². The summed E-state index contributed by atoms with van der Waals surface area (Å²) in [6.45, 7) is 0. The Balaban J connectivity index is 2.61. The number of hydrogen-bond acceptors (Lipinski definition) is 5. The van der Waals surface area contributed by atoms with Gasteiger partial charge in [0.25, 0.3) is 0 Å². The van der Waals surface area contributed by atoms with Gasteiger partial charge in [0.1, 0.15) is 5.75 Å². The Hall–Kier alpha value is -2.85. The molecular weight excluding hydrogens is 376 g/mol. The maximum atomic E-state index is 11.2. The third kappa shape index (κ3) is 3.73. The first-order chi connectivity index (χ1) is 11.5. The van der Waals surface area contributed by atoms with Crippen LogP contribution in [0.15, 0.2) is 40.9 Å². The fourth-order valence-corrected chi connectivity index (χ4v) is 2.39. The fourth-order valence-electron chi connectivity index (χ4n) is 2.13. The van der Waals surface area contributed by atoms with Crippen molar-refractivity contribution in [2.24, 2.45) is 0 Å². The average molecular weight is 389 g/mol. The molecule has 2 aromatic carbocycles. The molecule has 0 heterocycles. The van der Waals surface area contributed by atoms with E-state index in [2.05, 4.69) is 22.0 Å². The van der Waals surface area contributed by atoms with Gasteiger partial charge in [-0.15, -0.1) is 0 Å². The van der Waals surface area contributed by atoms with Crippen LogP contribution in [0.5, 0.6) is 11.5 Å². The second-order valence-corrected chi connectivity index (χ2v) is 5.62. The first-order valence-electron chi connectivity index (χ1n) is 6.78. The predicted molar refractivity (Wildman–Crippen MR) is 93.8 cm³/mol. The van der Waals surface area contributed by atoms with Gasteiger partial charge < -0.3 is 9.47 Å². The summed E-state index contributed by atoms with van der Waals surface area (Å²) >= 11 is 3.34. The molecule has 2 rings (SSSR count). The van der Waals surface area contributed by atoms with Crippen molar-refractivity contribution in [2.45, 2.75) is 0 Å². The van der Waals surface area contributed by atoms with Crippen LogP contribution in [0.4, 0.5) is 5.69 Å². The molecule has 0 N–H and O–H groups in total. The molecule has 0 unspecified atom stereocenters. The zero-order chi connectivity index (χ0) is 17.7. The van der Waals surface area contributed by atoms with Crippen LogP contribution in [0.2, 0.25) is 0 Å².